The van der Waals surface area contributed by atoms with Crippen molar-refractivity contribution < 1.29 is 22.4 Å². The van der Waals surface area contributed by atoms with E-state index in [1.54, 1.807) is 4.90 Å². The zero-order valence-corrected chi connectivity index (χ0v) is 16.8. The molecule has 162 valence electrons. The Labute approximate surface area is 177 Å². The molecule has 0 aliphatic carbocycles. The summed E-state index contributed by atoms with van der Waals surface area (Å²) < 4.78 is 43.2. The summed E-state index contributed by atoms with van der Waals surface area (Å²) in [5.74, 6) is -1.95. The SMILES string of the molecule is O=C(CC(c1ccccc1)c1ccccc1)N1CCCC(c2nnc(C(F)(F)F)o2)C1. The summed E-state index contributed by atoms with van der Waals surface area (Å²) in [5.41, 5.74) is 2.09. The number of likely N-dealkylation sites (tertiary alicyclic amines) is 1. The molecule has 0 radical (unpaired) electrons. The van der Waals surface area contributed by atoms with Crippen LogP contribution >= 0.6 is 0 Å². The van der Waals surface area contributed by atoms with E-state index in [1.807, 2.05) is 60.7 Å². The highest BCUT2D eigenvalue weighted by molar-refractivity contribution is 5.78. The van der Waals surface area contributed by atoms with Crippen LogP contribution in [0.5, 0.6) is 0 Å². The molecule has 8 heteroatoms. The number of carbonyl (C=O) groups is 1. The van der Waals surface area contributed by atoms with Crippen LogP contribution in [0.4, 0.5) is 13.2 Å². The first-order chi connectivity index (χ1) is 14.9. The lowest BCUT2D eigenvalue weighted by atomic mass is 9.87. The minimum absolute atomic E-state index is 0.0435. The molecular weight excluding hydrogens is 407 g/mol. The summed E-state index contributed by atoms with van der Waals surface area (Å²) >= 11 is 0. The molecule has 2 heterocycles. The lowest BCUT2D eigenvalue weighted by Crippen LogP contribution is -2.39. The van der Waals surface area contributed by atoms with Gasteiger partial charge in [0.05, 0.1) is 5.92 Å². The second-order valence-corrected chi connectivity index (χ2v) is 7.70. The fourth-order valence-corrected chi connectivity index (χ4v) is 4.02. The third kappa shape index (κ3) is 4.95. The summed E-state index contributed by atoms with van der Waals surface area (Å²) in [7, 11) is 0. The number of piperidine rings is 1. The summed E-state index contributed by atoms with van der Waals surface area (Å²) in [6.45, 7) is 0.834. The van der Waals surface area contributed by atoms with Gasteiger partial charge in [0, 0.05) is 25.4 Å². The zero-order chi connectivity index (χ0) is 21.8. The van der Waals surface area contributed by atoms with Crippen molar-refractivity contribution >= 4 is 5.91 Å². The van der Waals surface area contributed by atoms with Gasteiger partial charge >= 0.3 is 12.1 Å². The van der Waals surface area contributed by atoms with E-state index in [0.29, 0.717) is 19.4 Å². The van der Waals surface area contributed by atoms with Gasteiger partial charge < -0.3 is 9.32 Å². The molecule has 0 N–H and O–H groups in total. The molecule has 1 atom stereocenters. The van der Waals surface area contributed by atoms with Crippen LogP contribution in [-0.2, 0) is 11.0 Å². The molecule has 1 amide bonds. The highest BCUT2D eigenvalue weighted by Gasteiger charge is 2.39. The number of aromatic nitrogens is 2. The van der Waals surface area contributed by atoms with Crippen molar-refractivity contribution in [2.45, 2.75) is 37.3 Å². The monoisotopic (exact) mass is 429 g/mol. The van der Waals surface area contributed by atoms with Crippen molar-refractivity contribution in [1.29, 1.82) is 0 Å². The van der Waals surface area contributed by atoms with E-state index >= 15 is 0 Å². The molecule has 0 saturated carbocycles. The van der Waals surface area contributed by atoms with Crippen molar-refractivity contribution in [2.24, 2.45) is 0 Å². The lowest BCUT2D eigenvalue weighted by molar-refractivity contribution is -0.157. The summed E-state index contributed by atoms with van der Waals surface area (Å²) in [5, 5.41) is 6.70. The van der Waals surface area contributed by atoms with E-state index in [2.05, 4.69) is 10.2 Å². The smallest absolute Gasteiger partial charge is 0.417 e. The molecule has 1 unspecified atom stereocenters. The number of benzene rings is 2. The number of halogens is 3. The number of hydrogen-bond acceptors (Lipinski definition) is 4. The van der Waals surface area contributed by atoms with Crippen molar-refractivity contribution in [3.05, 3.63) is 83.6 Å². The van der Waals surface area contributed by atoms with Crippen LogP contribution in [0.15, 0.2) is 65.1 Å². The molecule has 31 heavy (non-hydrogen) atoms. The fourth-order valence-electron chi connectivity index (χ4n) is 4.02. The average molecular weight is 429 g/mol. The minimum atomic E-state index is -4.67. The van der Waals surface area contributed by atoms with Gasteiger partial charge in [-0.15, -0.1) is 10.2 Å². The summed E-state index contributed by atoms with van der Waals surface area (Å²) in [6, 6.07) is 19.6. The molecule has 4 rings (SSSR count). The summed E-state index contributed by atoms with van der Waals surface area (Å²) in [4.78, 5) is 14.9. The Morgan fingerprint density at radius 2 is 1.65 bits per heavy atom. The van der Waals surface area contributed by atoms with Gasteiger partial charge in [0.15, 0.2) is 0 Å². The lowest BCUT2D eigenvalue weighted by Gasteiger charge is -2.32. The highest BCUT2D eigenvalue weighted by Crippen LogP contribution is 2.33. The second-order valence-electron chi connectivity index (χ2n) is 7.70. The third-order valence-corrected chi connectivity index (χ3v) is 5.59. The minimum Gasteiger partial charge on any atom is -0.417 e. The van der Waals surface area contributed by atoms with Crippen molar-refractivity contribution in [1.82, 2.24) is 15.1 Å². The summed E-state index contributed by atoms with van der Waals surface area (Å²) in [6.07, 6.45) is -3.13. The number of rotatable bonds is 5. The van der Waals surface area contributed by atoms with Crippen LogP contribution in [-0.4, -0.2) is 34.1 Å². The van der Waals surface area contributed by atoms with Crippen LogP contribution in [0.2, 0.25) is 0 Å². The Morgan fingerprint density at radius 3 is 2.19 bits per heavy atom. The van der Waals surface area contributed by atoms with Crippen LogP contribution < -0.4 is 0 Å². The Morgan fingerprint density at radius 1 is 1.03 bits per heavy atom. The van der Waals surface area contributed by atoms with E-state index in [4.69, 9.17) is 4.42 Å². The quantitative estimate of drug-likeness (QED) is 0.572. The van der Waals surface area contributed by atoms with Gasteiger partial charge in [-0.1, -0.05) is 60.7 Å². The maximum atomic E-state index is 13.2. The molecule has 1 aliphatic heterocycles. The molecule has 0 bridgehead atoms. The number of amides is 1. The van der Waals surface area contributed by atoms with Crippen molar-refractivity contribution in [3.8, 4) is 0 Å². The Bertz CT molecular complexity index is 966. The fraction of sp³-hybridized carbons (Fsp3) is 0.348. The normalized spacial score (nSPS) is 17.2. The van der Waals surface area contributed by atoms with Gasteiger partial charge in [-0.2, -0.15) is 13.2 Å². The number of hydrogen-bond donors (Lipinski definition) is 0. The van der Waals surface area contributed by atoms with Gasteiger partial charge in [-0.3, -0.25) is 4.79 Å². The van der Waals surface area contributed by atoms with Gasteiger partial charge in [-0.25, -0.2) is 0 Å². The van der Waals surface area contributed by atoms with Crippen LogP contribution in [0.3, 0.4) is 0 Å². The largest absolute Gasteiger partial charge is 0.470 e. The number of alkyl halides is 3. The van der Waals surface area contributed by atoms with E-state index in [0.717, 1.165) is 11.1 Å². The van der Waals surface area contributed by atoms with Crippen molar-refractivity contribution in [3.63, 3.8) is 0 Å². The first-order valence-corrected chi connectivity index (χ1v) is 10.2. The predicted octanol–water partition coefficient (Wildman–Crippen LogP) is 5.02. The van der Waals surface area contributed by atoms with E-state index in [-0.39, 0.29) is 30.7 Å². The standard InChI is InChI=1S/C23H22F3N3O2/c24-23(25,26)22-28-27-21(31-22)18-12-7-13-29(15-18)20(30)14-19(16-8-3-1-4-9-16)17-10-5-2-6-11-17/h1-6,8-11,18-19H,7,12-15H2. The molecule has 1 aromatic heterocycles. The second kappa shape index (κ2) is 8.91. The average Bonchev–Trinajstić information content (AvgIpc) is 3.30. The van der Waals surface area contributed by atoms with Crippen LogP contribution in [0, 0.1) is 0 Å². The Hall–Kier alpha value is -3.16. The maximum absolute atomic E-state index is 13.2. The topological polar surface area (TPSA) is 59.2 Å². The molecular formula is C23H22F3N3O2. The van der Waals surface area contributed by atoms with E-state index < -0.39 is 18.0 Å². The Balaban J connectivity index is 1.49. The van der Waals surface area contributed by atoms with Crippen molar-refractivity contribution in [2.75, 3.05) is 13.1 Å². The first-order valence-electron chi connectivity index (χ1n) is 10.2. The molecule has 1 fully saturated rings. The highest BCUT2D eigenvalue weighted by atomic mass is 19.4. The molecule has 5 nitrogen and oxygen atoms in total. The molecule has 1 saturated heterocycles. The van der Waals surface area contributed by atoms with Crippen LogP contribution in [0.1, 0.15) is 54.0 Å². The van der Waals surface area contributed by atoms with Gasteiger partial charge in [0.1, 0.15) is 0 Å². The predicted molar refractivity (Wildman–Crippen MR) is 107 cm³/mol. The van der Waals surface area contributed by atoms with Gasteiger partial charge in [0.25, 0.3) is 0 Å². The number of carbonyl (C=O) groups excluding carboxylic acids is 1. The van der Waals surface area contributed by atoms with E-state index in [1.165, 1.54) is 0 Å². The third-order valence-electron chi connectivity index (χ3n) is 5.59. The van der Waals surface area contributed by atoms with Gasteiger partial charge in [0.2, 0.25) is 11.8 Å². The van der Waals surface area contributed by atoms with Gasteiger partial charge in [-0.05, 0) is 24.0 Å². The van der Waals surface area contributed by atoms with Crippen LogP contribution in [0.25, 0.3) is 0 Å². The molecule has 1 aliphatic rings. The molecule has 2 aromatic carbocycles. The first kappa shape index (κ1) is 21.1. The zero-order valence-electron chi connectivity index (χ0n) is 16.8. The Kier molecular flexibility index (Phi) is 6.06. The van der Waals surface area contributed by atoms with E-state index in [9.17, 15) is 18.0 Å². The molecule has 0 spiro atoms. The maximum Gasteiger partial charge on any atom is 0.470 e. The number of nitrogens with zero attached hydrogens (tertiary/aromatic N) is 3. The molecule has 3 aromatic rings.